The lowest BCUT2D eigenvalue weighted by Gasteiger charge is -2.34. The van der Waals surface area contributed by atoms with Gasteiger partial charge in [-0.1, -0.05) is 6.92 Å². The maximum Gasteiger partial charge on any atom is 0.257 e. The molecule has 66 valence electrons. The Labute approximate surface area is 66.2 Å². The van der Waals surface area contributed by atoms with E-state index in [0.29, 0.717) is 6.04 Å². The van der Waals surface area contributed by atoms with Gasteiger partial charge in [0.15, 0.2) is 0 Å². The molecule has 1 saturated carbocycles. The zero-order chi connectivity index (χ0) is 8.48. The number of nitrogens with one attached hydrogen (secondary N) is 1. The van der Waals surface area contributed by atoms with Crippen LogP contribution in [0.4, 0.5) is 8.78 Å². The van der Waals surface area contributed by atoms with E-state index in [9.17, 15) is 8.78 Å². The highest BCUT2D eigenvalue weighted by Crippen LogP contribution is 2.26. The lowest BCUT2D eigenvalue weighted by atomic mass is 9.82. The molecule has 0 aromatic carbocycles. The second kappa shape index (κ2) is 3.05. The molecule has 0 unspecified atom stereocenters. The summed E-state index contributed by atoms with van der Waals surface area (Å²) in [6.45, 7) is 2.91. The summed E-state index contributed by atoms with van der Waals surface area (Å²) in [5.41, 5.74) is 0. The largest absolute Gasteiger partial charge is 0.308 e. The first-order valence-electron chi connectivity index (χ1n) is 4.08. The summed E-state index contributed by atoms with van der Waals surface area (Å²) in [4.78, 5) is 0. The van der Waals surface area contributed by atoms with E-state index >= 15 is 0 Å². The van der Waals surface area contributed by atoms with Crippen LogP contribution in [0, 0.1) is 5.92 Å². The van der Waals surface area contributed by atoms with E-state index in [4.69, 9.17) is 0 Å². The van der Waals surface area contributed by atoms with Gasteiger partial charge in [0, 0.05) is 13.0 Å². The number of hydrogen-bond donors (Lipinski definition) is 1. The van der Waals surface area contributed by atoms with E-state index in [1.807, 2.05) is 0 Å². The molecule has 0 spiro atoms. The van der Waals surface area contributed by atoms with E-state index in [1.54, 1.807) is 0 Å². The minimum absolute atomic E-state index is 0.176. The van der Waals surface area contributed by atoms with Crippen LogP contribution in [0.3, 0.4) is 0 Å². The molecule has 11 heavy (non-hydrogen) atoms. The Morgan fingerprint density at radius 1 is 1.45 bits per heavy atom. The molecule has 1 N–H and O–H groups in total. The third-order valence-electron chi connectivity index (χ3n) is 2.07. The molecule has 1 aliphatic carbocycles. The first kappa shape index (κ1) is 8.91. The predicted octanol–water partition coefficient (Wildman–Crippen LogP) is 2.03. The molecule has 3 heteroatoms. The van der Waals surface area contributed by atoms with Gasteiger partial charge in [-0.25, -0.2) is 8.78 Å². The summed E-state index contributed by atoms with van der Waals surface area (Å²) < 4.78 is 24.6. The first-order chi connectivity index (χ1) is 4.97. The van der Waals surface area contributed by atoms with Crippen molar-refractivity contribution in [2.45, 2.75) is 38.7 Å². The normalized spacial score (nSPS) is 31.6. The summed E-state index contributed by atoms with van der Waals surface area (Å²) >= 11 is 0. The van der Waals surface area contributed by atoms with E-state index in [0.717, 1.165) is 25.7 Å². The second-order valence-electron chi connectivity index (χ2n) is 3.72. The van der Waals surface area contributed by atoms with Crippen LogP contribution in [0.15, 0.2) is 0 Å². The van der Waals surface area contributed by atoms with E-state index < -0.39 is 5.92 Å². The van der Waals surface area contributed by atoms with Crippen LogP contribution in [0.5, 0.6) is 0 Å². The van der Waals surface area contributed by atoms with Crippen molar-refractivity contribution in [3.05, 3.63) is 0 Å². The zero-order valence-corrected chi connectivity index (χ0v) is 7.03. The molecular formula is C8H15F2N. The van der Waals surface area contributed by atoms with Crippen molar-refractivity contribution in [1.29, 1.82) is 0 Å². The maximum absolute atomic E-state index is 12.3. The lowest BCUT2D eigenvalue weighted by Crippen LogP contribution is -2.44. The molecule has 0 radical (unpaired) electrons. The molecule has 0 saturated heterocycles. The van der Waals surface area contributed by atoms with E-state index in [1.165, 1.54) is 0 Å². The minimum atomic E-state index is -2.56. The van der Waals surface area contributed by atoms with Gasteiger partial charge in [0.2, 0.25) is 0 Å². The monoisotopic (exact) mass is 163 g/mol. The first-order valence-corrected chi connectivity index (χ1v) is 4.08. The Kier molecular flexibility index (Phi) is 2.47. The fourth-order valence-corrected chi connectivity index (χ4v) is 1.39. The molecule has 0 amide bonds. The van der Waals surface area contributed by atoms with Gasteiger partial charge in [-0.15, -0.1) is 0 Å². The van der Waals surface area contributed by atoms with Crippen molar-refractivity contribution < 1.29 is 8.78 Å². The van der Waals surface area contributed by atoms with Crippen LogP contribution in [0.1, 0.15) is 26.7 Å². The Hall–Kier alpha value is -0.180. The molecule has 0 bridgehead atoms. The van der Waals surface area contributed by atoms with Gasteiger partial charge in [0.05, 0.1) is 6.54 Å². The van der Waals surface area contributed by atoms with Gasteiger partial charge in [-0.3, -0.25) is 0 Å². The summed E-state index contributed by atoms with van der Waals surface area (Å²) in [6, 6.07) is 0.343. The van der Waals surface area contributed by atoms with Crippen molar-refractivity contribution >= 4 is 0 Å². The molecule has 0 atom stereocenters. The number of alkyl halides is 2. The fourth-order valence-electron chi connectivity index (χ4n) is 1.39. The van der Waals surface area contributed by atoms with Crippen LogP contribution in [0.25, 0.3) is 0 Å². The summed E-state index contributed by atoms with van der Waals surface area (Å²) in [5.74, 6) is -1.84. The Morgan fingerprint density at radius 3 is 2.36 bits per heavy atom. The molecule has 0 aromatic heterocycles. The van der Waals surface area contributed by atoms with Gasteiger partial charge in [-0.2, -0.15) is 0 Å². The van der Waals surface area contributed by atoms with Crippen LogP contribution in [-0.2, 0) is 0 Å². The summed E-state index contributed by atoms with van der Waals surface area (Å²) in [5, 5.41) is 2.84. The molecule has 1 aliphatic rings. The van der Waals surface area contributed by atoms with Gasteiger partial charge in [0.25, 0.3) is 5.92 Å². The maximum atomic E-state index is 12.3. The van der Waals surface area contributed by atoms with Crippen molar-refractivity contribution in [3.63, 3.8) is 0 Å². The lowest BCUT2D eigenvalue weighted by molar-refractivity contribution is 0.0147. The summed E-state index contributed by atoms with van der Waals surface area (Å²) in [7, 11) is 0. The SMILES string of the molecule is CC1CC(NCC(C)(F)F)C1. The Bertz CT molecular complexity index is 125. The zero-order valence-electron chi connectivity index (χ0n) is 7.03. The predicted molar refractivity (Wildman–Crippen MR) is 40.8 cm³/mol. The second-order valence-corrected chi connectivity index (χ2v) is 3.72. The number of rotatable bonds is 3. The molecule has 1 fully saturated rings. The minimum Gasteiger partial charge on any atom is -0.308 e. The third kappa shape index (κ3) is 3.14. The number of hydrogen-bond acceptors (Lipinski definition) is 1. The molecule has 1 rings (SSSR count). The highest BCUT2D eigenvalue weighted by Gasteiger charge is 2.28. The molecule has 0 heterocycles. The standard InChI is InChI=1S/C8H15F2N/c1-6-3-7(4-6)11-5-8(2,9)10/h6-7,11H,3-5H2,1-2H3. The smallest absolute Gasteiger partial charge is 0.257 e. The Morgan fingerprint density at radius 2 is 2.00 bits per heavy atom. The van der Waals surface area contributed by atoms with Crippen LogP contribution in [-0.4, -0.2) is 18.5 Å². The quantitative estimate of drug-likeness (QED) is 0.671. The van der Waals surface area contributed by atoms with Gasteiger partial charge < -0.3 is 5.32 Å². The third-order valence-corrected chi connectivity index (χ3v) is 2.07. The topological polar surface area (TPSA) is 12.0 Å². The Balaban J connectivity index is 2.05. The number of halogens is 2. The van der Waals surface area contributed by atoms with Gasteiger partial charge >= 0.3 is 0 Å². The molecule has 1 nitrogen and oxygen atoms in total. The highest BCUT2D eigenvalue weighted by molar-refractivity contribution is 4.83. The van der Waals surface area contributed by atoms with Crippen molar-refractivity contribution in [2.24, 2.45) is 5.92 Å². The molecular weight excluding hydrogens is 148 g/mol. The van der Waals surface area contributed by atoms with E-state index in [-0.39, 0.29) is 6.54 Å². The molecule has 0 aliphatic heterocycles. The van der Waals surface area contributed by atoms with Gasteiger partial charge in [0.1, 0.15) is 0 Å². The fraction of sp³-hybridized carbons (Fsp3) is 1.00. The molecule has 0 aromatic rings. The average molecular weight is 163 g/mol. The summed E-state index contributed by atoms with van der Waals surface area (Å²) in [6.07, 6.45) is 2.10. The van der Waals surface area contributed by atoms with Crippen LogP contribution < -0.4 is 5.32 Å². The van der Waals surface area contributed by atoms with Crippen LogP contribution >= 0.6 is 0 Å². The van der Waals surface area contributed by atoms with Gasteiger partial charge in [-0.05, 0) is 18.8 Å². The van der Waals surface area contributed by atoms with Crippen molar-refractivity contribution in [3.8, 4) is 0 Å². The highest BCUT2D eigenvalue weighted by atomic mass is 19.3. The average Bonchev–Trinajstić information content (AvgIpc) is 1.75. The van der Waals surface area contributed by atoms with E-state index in [2.05, 4.69) is 12.2 Å². The van der Waals surface area contributed by atoms with Crippen LogP contribution in [0.2, 0.25) is 0 Å². The van der Waals surface area contributed by atoms with Crippen molar-refractivity contribution in [1.82, 2.24) is 5.32 Å². The van der Waals surface area contributed by atoms with Crippen molar-refractivity contribution in [2.75, 3.05) is 6.54 Å².